The summed E-state index contributed by atoms with van der Waals surface area (Å²) in [5.74, 6) is -0.329. The van der Waals surface area contributed by atoms with Crippen LogP contribution in [0.25, 0.3) is 10.8 Å². The molecule has 2 aromatic heterocycles. The van der Waals surface area contributed by atoms with Crippen LogP contribution in [-0.4, -0.2) is 25.1 Å². The zero-order valence-corrected chi connectivity index (χ0v) is 15.8. The highest BCUT2D eigenvalue weighted by Gasteiger charge is 2.20. The fourth-order valence-corrected chi connectivity index (χ4v) is 4.12. The van der Waals surface area contributed by atoms with Crippen molar-refractivity contribution in [3.05, 3.63) is 46.4 Å². The Morgan fingerprint density at radius 1 is 1.38 bits per heavy atom. The van der Waals surface area contributed by atoms with Crippen molar-refractivity contribution >= 4 is 39.6 Å². The molecule has 2 heterocycles. The summed E-state index contributed by atoms with van der Waals surface area (Å²) in [6.45, 7) is 2.08. The lowest BCUT2D eigenvalue weighted by Gasteiger charge is -2.21. The van der Waals surface area contributed by atoms with Crippen molar-refractivity contribution in [1.29, 1.82) is 0 Å². The van der Waals surface area contributed by atoms with E-state index in [4.69, 9.17) is 16.0 Å². The van der Waals surface area contributed by atoms with Gasteiger partial charge in [0.25, 0.3) is 11.8 Å². The molecule has 6 nitrogen and oxygen atoms in total. The number of alkyl halides is 2. The molecule has 0 aliphatic rings. The van der Waals surface area contributed by atoms with Gasteiger partial charge in [-0.2, -0.15) is 8.78 Å². The van der Waals surface area contributed by atoms with E-state index in [9.17, 15) is 13.0 Å². The molecule has 0 fully saturated rings. The normalized spacial score (nSPS) is 12.5. The molecule has 0 bridgehead atoms. The van der Waals surface area contributed by atoms with Gasteiger partial charge in [-0.05, 0) is 18.2 Å². The van der Waals surface area contributed by atoms with Gasteiger partial charge in [0.15, 0.2) is 0 Å². The molecule has 0 N–H and O–H groups in total. The third-order valence-corrected chi connectivity index (χ3v) is 5.79. The molecule has 0 saturated carbocycles. The van der Waals surface area contributed by atoms with Crippen LogP contribution in [0.3, 0.4) is 0 Å². The molecule has 0 saturated heterocycles. The molecule has 3 aromatic rings. The van der Waals surface area contributed by atoms with Crippen LogP contribution in [0.4, 0.5) is 14.5 Å². The summed E-state index contributed by atoms with van der Waals surface area (Å²) in [7, 11) is -1.27. The largest absolute Gasteiger partial charge is 0.414 e. The topological polar surface area (TPSA) is 72.1 Å². The van der Waals surface area contributed by atoms with Crippen LogP contribution < -0.4 is 4.31 Å². The Bertz CT molecular complexity index is 918. The Labute approximate surface area is 159 Å². The number of halogens is 3. The number of hydrogen-bond acceptors (Lipinski definition) is 6. The summed E-state index contributed by atoms with van der Waals surface area (Å²) in [6, 6.07) is 7.03. The predicted molar refractivity (Wildman–Crippen MR) is 96.7 cm³/mol. The highest BCUT2D eigenvalue weighted by Crippen LogP contribution is 2.30. The highest BCUT2D eigenvalue weighted by atomic mass is 35.5. The van der Waals surface area contributed by atoms with Gasteiger partial charge in [0.1, 0.15) is 20.9 Å². The van der Waals surface area contributed by atoms with Crippen LogP contribution in [0.2, 0.25) is 5.02 Å². The van der Waals surface area contributed by atoms with Crippen LogP contribution in [0.1, 0.15) is 24.2 Å². The second-order valence-corrected chi connectivity index (χ2v) is 8.20. The predicted octanol–water partition coefficient (Wildman–Crippen LogP) is 4.47. The lowest BCUT2D eigenvalue weighted by atomic mass is 10.3. The minimum Gasteiger partial charge on any atom is -0.414 e. The van der Waals surface area contributed by atoms with Crippen LogP contribution in [-0.2, 0) is 17.5 Å². The number of rotatable bonds is 7. The van der Waals surface area contributed by atoms with Crippen molar-refractivity contribution in [3.8, 4) is 10.8 Å². The van der Waals surface area contributed by atoms with E-state index in [2.05, 4.69) is 15.2 Å². The second-order valence-electron chi connectivity index (χ2n) is 4.99. The Morgan fingerprint density at radius 3 is 2.85 bits per heavy atom. The summed E-state index contributed by atoms with van der Waals surface area (Å²) < 4.78 is 44.2. The monoisotopic (exact) mass is 418 g/mol. The standard InChI is InChI=1S/C15H13ClF2N4O2S2/c1-2-26(23)22(10-5-3-4-9(16)6-10)8-12-19-7-11(25-12)14-20-21-15(24-14)13(17)18/h3-7,13H,2,8H2,1H3. The fourth-order valence-electron chi connectivity index (χ4n) is 2.10. The van der Waals surface area contributed by atoms with E-state index < -0.39 is 23.3 Å². The summed E-state index contributed by atoms with van der Waals surface area (Å²) in [6.07, 6.45) is -1.36. The Kier molecular flexibility index (Phi) is 5.94. The van der Waals surface area contributed by atoms with Gasteiger partial charge in [0, 0.05) is 10.8 Å². The number of hydrogen-bond donors (Lipinski definition) is 0. The Balaban J connectivity index is 1.83. The van der Waals surface area contributed by atoms with E-state index in [1.165, 1.54) is 17.5 Å². The minimum atomic E-state index is -2.83. The molecule has 0 aliphatic carbocycles. The molecule has 1 aromatic carbocycles. The number of aromatic nitrogens is 3. The van der Waals surface area contributed by atoms with E-state index in [0.29, 0.717) is 26.3 Å². The van der Waals surface area contributed by atoms with Crippen molar-refractivity contribution in [3.63, 3.8) is 0 Å². The number of benzene rings is 1. The van der Waals surface area contributed by atoms with E-state index in [-0.39, 0.29) is 12.4 Å². The molecule has 0 aliphatic heterocycles. The molecule has 138 valence electrons. The van der Waals surface area contributed by atoms with E-state index in [1.54, 1.807) is 28.6 Å². The molecule has 1 unspecified atom stereocenters. The number of thiazole rings is 1. The Hall–Kier alpha value is -1.91. The average Bonchev–Trinajstić information content (AvgIpc) is 3.28. The van der Waals surface area contributed by atoms with E-state index in [0.717, 1.165) is 0 Å². The smallest absolute Gasteiger partial charge is 0.314 e. The zero-order valence-electron chi connectivity index (χ0n) is 13.4. The summed E-state index contributed by atoms with van der Waals surface area (Å²) >= 11 is 7.23. The average molecular weight is 419 g/mol. The van der Waals surface area contributed by atoms with Gasteiger partial charge < -0.3 is 4.42 Å². The maximum atomic E-state index is 12.6. The van der Waals surface area contributed by atoms with Crippen LogP contribution >= 0.6 is 22.9 Å². The van der Waals surface area contributed by atoms with Gasteiger partial charge in [0.05, 0.1) is 18.4 Å². The molecule has 1 atom stereocenters. The fraction of sp³-hybridized carbons (Fsp3) is 0.267. The molecule has 3 rings (SSSR count). The first kappa shape index (κ1) is 18.9. The second kappa shape index (κ2) is 8.19. The molecule has 0 radical (unpaired) electrons. The van der Waals surface area contributed by atoms with Crippen LogP contribution in [0.5, 0.6) is 0 Å². The molecular formula is C15H13ClF2N4O2S2. The lowest BCUT2D eigenvalue weighted by molar-refractivity contribution is 0.116. The number of nitrogens with zero attached hydrogens (tertiary/aromatic N) is 4. The molecule has 0 amide bonds. The SMILES string of the molecule is CCS(=O)N(Cc1ncc(-c2nnc(C(F)F)o2)s1)c1cccc(Cl)c1. The van der Waals surface area contributed by atoms with Crippen LogP contribution in [0, 0.1) is 0 Å². The first-order valence-corrected chi connectivity index (χ1v) is 9.93. The lowest BCUT2D eigenvalue weighted by Crippen LogP contribution is -2.26. The highest BCUT2D eigenvalue weighted by molar-refractivity contribution is 7.86. The number of anilines is 1. The van der Waals surface area contributed by atoms with Gasteiger partial charge in [-0.15, -0.1) is 21.5 Å². The third kappa shape index (κ3) is 4.25. The maximum absolute atomic E-state index is 12.6. The zero-order chi connectivity index (χ0) is 18.7. The van der Waals surface area contributed by atoms with Crippen molar-refractivity contribution < 1.29 is 17.4 Å². The Morgan fingerprint density at radius 2 is 2.19 bits per heavy atom. The first-order chi connectivity index (χ1) is 12.5. The quantitative estimate of drug-likeness (QED) is 0.565. The van der Waals surface area contributed by atoms with Crippen molar-refractivity contribution in [2.24, 2.45) is 0 Å². The molecule has 26 heavy (non-hydrogen) atoms. The summed E-state index contributed by atoms with van der Waals surface area (Å²) in [5.41, 5.74) is 0.701. The van der Waals surface area contributed by atoms with Gasteiger partial charge in [-0.1, -0.05) is 24.6 Å². The van der Waals surface area contributed by atoms with Gasteiger partial charge in [0.2, 0.25) is 0 Å². The molecule has 0 spiro atoms. The molecule has 11 heteroatoms. The summed E-state index contributed by atoms with van der Waals surface area (Å²) in [5, 5.41) is 8.06. The van der Waals surface area contributed by atoms with Crippen LogP contribution in [0.15, 0.2) is 34.9 Å². The van der Waals surface area contributed by atoms with Gasteiger partial charge in [-0.3, -0.25) is 4.31 Å². The first-order valence-electron chi connectivity index (χ1n) is 7.46. The van der Waals surface area contributed by atoms with E-state index >= 15 is 0 Å². The summed E-state index contributed by atoms with van der Waals surface area (Å²) in [4.78, 5) is 4.71. The van der Waals surface area contributed by atoms with Gasteiger partial charge >= 0.3 is 6.43 Å². The van der Waals surface area contributed by atoms with Crippen molar-refractivity contribution in [2.75, 3.05) is 10.1 Å². The van der Waals surface area contributed by atoms with E-state index in [1.807, 2.05) is 6.92 Å². The molecular weight excluding hydrogens is 406 g/mol. The third-order valence-electron chi connectivity index (χ3n) is 3.26. The van der Waals surface area contributed by atoms with Crippen molar-refractivity contribution in [1.82, 2.24) is 15.2 Å². The van der Waals surface area contributed by atoms with Gasteiger partial charge in [-0.25, -0.2) is 9.19 Å². The van der Waals surface area contributed by atoms with Crippen molar-refractivity contribution in [2.45, 2.75) is 19.9 Å². The minimum absolute atomic E-state index is 0.0185. The maximum Gasteiger partial charge on any atom is 0.314 e.